The summed E-state index contributed by atoms with van der Waals surface area (Å²) in [6, 6.07) is 96.3. The molecule has 2 aliphatic carbocycles. The molecule has 11 aromatic carbocycles. The summed E-state index contributed by atoms with van der Waals surface area (Å²) >= 11 is 0. The Hall–Kier alpha value is -9.04. The molecule has 1 nitrogen and oxygen atoms in total. The summed E-state index contributed by atoms with van der Waals surface area (Å²) in [4.78, 5) is 2.51. The highest BCUT2D eigenvalue weighted by atomic mass is 15.1. The van der Waals surface area contributed by atoms with E-state index in [1.807, 2.05) is 0 Å². The second kappa shape index (κ2) is 17.8. The summed E-state index contributed by atoms with van der Waals surface area (Å²) in [6.07, 6.45) is 10.2. The molecule has 0 fully saturated rings. The Morgan fingerprint density at radius 3 is 1.35 bits per heavy atom. The van der Waals surface area contributed by atoms with Crippen LogP contribution in [0.2, 0.25) is 0 Å². The van der Waals surface area contributed by atoms with E-state index in [0.29, 0.717) is 0 Å². The van der Waals surface area contributed by atoms with Gasteiger partial charge in [-0.2, -0.15) is 0 Å². The van der Waals surface area contributed by atoms with Gasteiger partial charge >= 0.3 is 0 Å². The van der Waals surface area contributed by atoms with Crippen molar-refractivity contribution in [1.29, 1.82) is 0 Å². The lowest BCUT2D eigenvalue weighted by atomic mass is 9.67. The number of benzene rings is 11. The zero-order chi connectivity index (χ0) is 47.1. The van der Waals surface area contributed by atoms with Gasteiger partial charge in [0.15, 0.2) is 0 Å². The van der Waals surface area contributed by atoms with Crippen LogP contribution in [0.1, 0.15) is 28.7 Å². The molecular formula is C70H49N. The van der Waals surface area contributed by atoms with E-state index in [9.17, 15) is 0 Å². The van der Waals surface area contributed by atoms with Crippen molar-refractivity contribution in [3.63, 3.8) is 0 Å². The number of anilines is 3. The van der Waals surface area contributed by atoms with Gasteiger partial charge < -0.3 is 4.90 Å². The molecule has 0 radical (unpaired) electrons. The van der Waals surface area contributed by atoms with Crippen LogP contribution in [0, 0.1) is 0 Å². The van der Waals surface area contributed by atoms with Crippen LogP contribution in [0.25, 0.3) is 71.6 Å². The van der Waals surface area contributed by atoms with Gasteiger partial charge in [-0.05, 0) is 143 Å². The smallest absolute Gasteiger partial charge is 0.0714 e. The zero-order valence-corrected chi connectivity index (χ0v) is 39.3. The SMILES string of the molecule is C1=CCC=C2C(=C1)C(c1ccccc1)(c1ccccc1)c1cc(N(c3ccc(-c4ccccc4)cc3)c3ccc(-c4ccc(-c5ccccc5)cc4)cc3)c(-c3cc4ccccc4c4ccccc34)cc12. The van der Waals surface area contributed by atoms with Crippen molar-refractivity contribution in [2.75, 3.05) is 4.90 Å². The Morgan fingerprint density at radius 1 is 0.352 bits per heavy atom. The van der Waals surface area contributed by atoms with E-state index < -0.39 is 5.41 Å². The minimum atomic E-state index is -0.601. The molecule has 0 spiro atoms. The molecule has 0 bridgehead atoms. The normalized spacial score (nSPS) is 13.5. The summed E-state index contributed by atoms with van der Waals surface area (Å²) in [5, 5.41) is 4.94. The Bertz CT molecular complexity index is 3790. The molecule has 0 N–H and O–H groups in total. The van der Waals surface area contributed by atoms with E-state index in [0.717, 1.165) is 23.5 Å². The van der Waals surface area contributed by atoms with Crippen LogP contribution in [0.15, 0.2) is 291 Å². The van der Waals surface area contributed by atoms with Gasteiger partial charge in [0, 0.05) is 16.9 Å². The number of fused-ring (bicyclic) bond motifs is 6. The fourth-order valence-electron chi connectivity index (χ4n) is 11.5. The Labute approximate surface area is 416 Å². The molecule has 11 aromatic rings. The number of nitrogens with zero attached hydrogens (tertiary/aromatic N) is 1. The minimum absolute atomic E-state index is 0.601. The molecule has 1 heteroatoms. The van der Waals surface area contributed by atoms with Crippen molar-refractivity contribution in [1.82, 2.24) is 0 Å². The molecule has 0 atom stereocenters. The summed E-state index contributed by atoms with van der Waals surface area (Å²) in [5.74, 6) is 0. The maximum Gasteiger partial charge on any atom is 0.0714 e. The van der Waals surface area contributed by atoms with Crippen LogP contribution in [-0.2, 0) is 5.41 Å². The van der Waals surface area contributed by atoms with Crippen LogP contribution < -0.4 is 4.90 Å². The average Bonchev–Trinajstić information content (AvgIpc) is 3.53. The Kier molecular flexibility index (Phi) is 10.6. The first-order chi connectivity index (χ1) is 35.2. The highest BCUT2D eigenvalue weighted by Crippen LogP contribution is 2.60. The predicted molar refractivity (Wildman–Crippen MR) is 300 cm³/mol. The first-order valence-corrected chi connectivity index (χ1v) is 24.7. The van der Waals surface area contributed by atoms with Gasteiger partial charge in [-0.25, -0.2) is 0 Å². The van der Waals surface area contributed by atoms with E-state index >= 15 is 0 Å². The highest BCUT2D eigenvalue weighted by Gasteiger charge is 2.49. The largest absolute Gasteiger partial charge is 0.310 e. The third-order valence-corrected chi connectivity index (χ3v) is 14.8. The van der Waals surface area contributed by atoms with Crippen molar-refractivity contribution in [3.8, 4) is 44.5 Å². The molecule has 0 aliphatic heterocycles. The standard InChI is InChI=1S/C70H49N/c1-6-20-49(21-7-1)51-34-36-52(37-35-51)54-40-44-59(45-41-54)71(58-42-38-53(39-43-58)50-22-8-2-9-23-50)69-48-68-65(47-66(69)64-46-55-24-16-17-29-60(55)61-30-18-19-31-62(61)64)63-32-14-5-15-33-67(63)70(68,56-25-10-3-11-26-56)57-27-12-4-13-28-57/h1-13,15-48H,14H2. The first-order valence-electron chi connectivity index (χ1n) is 24.7. The van der Waals surface area contributed by atoms with Crippen LogP contribution in [-0.4, -0.2) is 0 Å². The molecular weight excluding hydrogens is 855 g/mol. The molecule has 13 rings (SSSR count). The summed E-state index contributed by atoms with van der Waals surface area (Å²) in [7, 11) is 0. The van der Waals surface area contributed by atoms with Crippen LogP contribution >= 0.6 is 0 Å². The lowest BCUT2D eigenvalue weighted by molar-refractivity contribution is 0.769. The van der Waals surface area contributed by atoms with E-state index in [4.69, 9.17) is 0 Å². The molecule has 0 aromatic heterocycles. The lowest BCUT2D eigenvalue weighted by Crippen LogP contribution is -2.29. The molecule has 0 heterocycles. The van der Waals surface area contributed by atoms with Crippen LogP contribution in [0.5, 0.6) is 0 Å². The van der Waals surface area contributed by atoms with Crippen LogP contribution in [0.4, 0.5) is 17.1 Å². The monoisotopic (exact) mass is 903 g/mol. The maximum absolute atomic E-state index is 2.55. The van der Waals surface area contributed by atoms with Gasteiger partial charge in [0.2, 0.25) is 0 Å². The van der Waals surface area contributed by atoms with E-state index in [1.54, 1.807) is 0 Å². The second-order valence-corrected chi connectivity index (χ2v) is 18.7. The predicted octanol–water partition coefficient (Wildman–Crippen LogP) is 18.7. The quantitative estimate of drug-likeness (QED) is 0.130. The fraction of sp³-hybridized carbons (Fsp3) is 0.0286. The molecule has 0 saturated carbocycles. The molecule has 0 saturated heterocycles. The second-order valence-electron chi connectivity index (χ2n) is 18.7. The Balaban J connectivity index is 1.10. The van der Waals surface area contributed by atoms with Gasteiger partial charge in [-0.1, -0.05) is 243 Å². The number of hydrogen-bond donors (Lipinski definition) is 0. The fourth-order valence-corrected chi connectivity index (χ4v) is 11.5. The topological polar surface area (TPSA) is 3.24 Å². The van der Waals surface area contributed by atoms with E-state index in [-0.39, 0.29) is 0 Å². The minimum Gasteiger partial charge on any atom is -0.310 e. The number of rotatable bonds is 9. The maximum atomic E-state index is 2.55. The summed E-state index contributed by atoms with van der Waals surface area (Å²) in [6.45, 7) is 0. The van der Waals surface area contributed by atoms with Crippen molar-refractivity contribution in [2.24, 2.45) is 0 Å². The van der Waals surface area contributed by atoms with E-state index in [2.05, 4.69) is 290 Å². The zero-order valence-electron chi connectivity index (χ0n) is 39.3. The van der Waals surface area contributed by atoms with Gasteiger partial charge in [0.05, 0.1) is 11.1 Å². The average molecular weight is 904 g/mol. The van der Waals surface area contributed by atoms with Crippen molar-refractivity contribution in [2.45, 2.75) is 11.8 Å². The van der Waals surface area contributed by atoms with Gasteiger partial charge in [0.25, 0.3) is 0 Å². The van der Waals surface area contributed by atoms with Crippen molar-refractivity contribution < 1.29 is 0 Å². The van der Waals surface area contributed by atoms with Crippen molar-refractivity contribution in [3.05, 3.63) is 313 Å². The first kappa shape index (κ1) is 42.1. The summed E-state index contributed by atoms with van der Waals surface area (Å²) in [5.41, 5.74) is 19.8. The molecule has 334 valence electrons. The van der Waals surface area contributed by atoms with Crippen molar-refractivity contribution >= 4 is 44.2 Å². The highest BCUT2D eigenvalue weighted by molar-refractivity contribution is 6.15. The summed E-state index contributed by atoms with van der Waals surface area (Å²) < 4.78 is 0. The molecule has 2 aliphatic rings. The van der Waals surface area contributed by atoms with Gasteiger partial charge in [-0.3, -0.25) is 0 Å². The molecule has 0 unspecified atom stereocenters. The van der Waals surface area contributed by atoms with Crippen LogP contribution in [0.3, 0.4) is 0 Å². The van der Waals surface area contributed by atoms with Gasteiger partial charge in [-0.15, -0.1) is 0 Å². The lowest BCUT2D eigenvalue weighted by Gasteiger charge is -2.35. The molecule has 0 amide bonds. The van der Waals surface area contributed by atoms with E-state index in [1.165, 1.54) is 99.5 Å². The number of hydrogen-bond acceptors (Lipinski definition) is 1. The van der Waals surface area contributed by atoms with Gasteiger partial charge in [0.1, 0.15) is 0 Å². The molecule has 71 heavy (non-hydrogen) atoms. The Morgan fingerprint density at radius 2 is 0.803 bits per heavy atom. The third-order valence-electron chi connectivity index (χ3n) is 14.8. The third kappa shape index (κ3) is 7.25. The number of allylic oxidation sites excluding steroid dienone is 6.